The van der Waals surface area contributed by atoms with Crippen molar-refractivity contribution in [2.24, 2.45) is 5.92 Å². The number of hydrogen-bond acceptors (Lipinski definition) is 4. The van der Waals surface area contributed by atoms with Crippen molar-refractivity contribution >= 4 is 22.5 Å². The summed E-state index contributed by atoms with van der Waals surface area (Å²) in [6.45, 7) is 0.547. The molecule has 0 radical (unpaired) electrons. The molecule has 0 spiro atoms. The maximum Gasteiger partial charge on any atom is 0.227 e. The first-order valence-electron chi connectivity index (χ1n) is 6.57. The van der Waals surface area contributed by atoms with Gasteiger partial charge in [-0.2, -0.15) is 0 Å². The Morgan fingerprint density at radius 2 is 2.35 bits per heavy atom. The van der Waals surface area contributed by atoms with Gasteiger partial charge in [-0.3, -0.25) is 9.78 Å². The molecule has 5 heteroatoms. The zero-order valence-electron chi connectivity index (χ0n) is 11.2. The van der Waals surface area contributed by atoms with E-state index in [1.165, 1.54) is 0 Å². The molecule has 1 saturated heterocycles. The molecular weight excluding hydrogens is 256 g/mol. The first-order valence-corrected chi connectivity index (χ1v) is 6.57. The number of aliphatic hydroxyl groups excluding tert-OH is 1. The highest BCUT2D eigenvalue weighted by Gasteiger charge is 2.31. The van der Waals surface area contributed by atoms with Gasteiger partial charge in [0.15, 0.2) is 0 Å². The number of methoxy groups -OCH3 is 1. The van der Waals surface area contributed by atoms with Gasteiger partial charge in [0.2, 0.25) is 5.91 Å². The van der Waals surface area contributed by atoms with E-state index in [1.54, 1.807) is 18.2 Å². The number of rotatable bonds is 3. The average molecular weight is 272 g/mol. The molecule has 5 nitrogen and oxygen atoms in total. The van der Waals surface area contributed by atoms with Crippen molar-refractivity contribution in [3.8, 4) is 5.75 Å². The Balaban J connectivity index is 2.12. The number of aromatic nitrogens is 1. The van der Waals surface area contributed by atoms with E-state index in [0.29, 0.717) is 18.7 Å². The quantitative estimate of drug-likeness (QED) is 0.921. The molecule has 104 valence electrons. The van der Waals surface area contributed by atoms with Crippen LogP contribution in [0.5, 0.6) is 5.75 Å². The summed E-state index contributed by atoms with van der Waals surface area (Å²) in [4.78, 5) is 18.2. The van der Waals surface area contributed by atoms with E-state index in [0.717, 1.165) is 16.6 Å². The fourth-order valence-electron chi connectivity index (χ4n) is 2.61. The molecule has 1 atom stereocenters. The second-order valence-corrected chi connectivity index (χ2v) is 4.98. The maximum absolute atomic E-state index is 12.1. The smallest absolute Gasteiger partial charge is 0.227 e. The standard InChI is InChI=1S/C15H16N2O3/c1-20-12-6-11-3-2-4-16-15(11)13(7-12)17-8-10(9-18)5-14(17)19/h2-4,6-7,10,18H,5,8-9H2,1H3. The van der Waals surface area contributed by atoms with Gasteiger partial charge in [0.05, 0.1) is 18.3 Å². The molecule has 1 unspecified atom stereocenters. The maximum atomic E-state index is 12.1. The highest BCUT2D eigenvalue weighted by atomic mass is 16.5. The van der Waals surface area contributed by atoms with Crippen molar-refractivity contribution in [3.63, 3.8) is 0 Å². The van der Waals surface area contributed by atoms with E-state index in [-0.39, 0.29) is 18.4 Å². The summed E-state index contributed by atoms with van der Waals surface area (Å²) in [5.74, 6) is 0.706. The summed E-state index contributed by atoms with van der Waals surface area (Å²) in [5.41, 5.74) is 1.53. The van der Waals surface area contributed by atoms with E-state index in [9.17, 15) is 9.90 Å². The van der Waals surface area contributed by atoms with Crippen LogP contribution in [0, 0.1) is 5.92 Å². The number of nitrogens with zero attached hydrogens (tertiary/aromatic N) is 2. The van der Waals surface area contributed by atoms with E-state index >= 15 is 0 Å². The van der Waals surface area contributed by atoms with Crippen LogP contribution in [0.25, 0.3) is 10.9 Å². The molecule has 1 fully saturated rings. The third kappa shape index (κ3) is 2.10. The lowest BCUT2D eigenvalue weighted by atomic mass is 10.1. The van der Waals surface area contributed by atoms with Gasteiger partial charge in [-0.15, -0.1) is 0 Å². The molecule has 1 aromatic heterocycles. The number of carbonyl (C=O) groups is 1. The average Bonchev–Trinajstić information content (AvgIpc) is 2.87. The Labute approximate surface area is 116 Å². The zero-order chi connectivity index (χ0) is 14.1. The van der Waals surface area contributed by atoms with Crippen LogP contribution in [-0.4, -0.2) is 36.3 Å². The Bertz CT molecular complexity index is 657. The molecule has 3 rings (SSSR count). The molecule has 1 aromatic carbocycles. The first kappa shape index (κ1) is 12.9. The van der Waals surface area contributed by atoms with Crippen LogP contribution in [0.2, 0.25) is 0 Å². The van der Waals surface area contributed by atoms with Gasteiger partial charge in [-0.05, 0) is 12.1 Å². The van der Waals surface area contributed by atoms with E-state index in [4.69, 9.17) is 4.74 Å². The van der Waals surface area contributed by atoms with E-state index in [1.807, 2.05) is 24.3 Å². The largest absolute Gasteiger partial charge is 0.497 e. The van der Waals surface area contributed by atoms with Gasteiger partial charge in [0.1, 0.15) is 5.75 Å². The highest BCUT2D eigenvalue weighted by molar-refractivity contribution is 6.04. The molecule has 2 heterocycles. The predicted octanol–water partition coefficient (Wildman–Crippen LogP) is 1.59. The third-order valence-corrected chi connectivity index (χ3v) is 3.65. The zero-order valence-corrected chi connectivity index (χ0v) is 11.2. The van der Waals surface area contributed by atoms with Crippen molar-refractivity contribution < 1.29 is 14.6 Å². The monoisotopic (exact) mass is 272 g/mol. The minimum Gasteiger partial charge on any atom is -0.497 e. The topological polar surface area (TPSA) is 62.7 Å². The van der Waals surface area contributed by atoms with Crippen molar-refractivity contribution in [3.05, 3.63) is 30.5 Å². The second-order valence-electron chi connectivity index (χ2n) is 4.98. The normalized spacial score (nSPS) is 18.8. The van der Waals surface area contributed by atoms with Crippen molar-refractivity contribution in [1.82, 2.24) is 4.98 Å². The predicted molar refractivity (Wildman–Crippen MR) is 75.8 cm³/mol. The molecule has 1 aliphatic rings. The van der Waals surface area contributed by atoms with Crippen LogP contribution in [0.4, 0.5) is 5.69 Å². The third-order valence-electron chi connectivity index (χ3n) is 3.65. The Kier molecular flexibility index (Phi) is 3.28. The van der Waals surface area contributed by atoms with Gasteiger partial charge in [-0.25, -0.2) is 0 Å². The number of carbonyl (C=O) groups excluding carboxylic acids is 1. The number of pyridine rings is 1. The van der Waals surface area contributed by atoms with Gasteiger partial charge in [0.25, 0.3) is 0 Å². The Morgan fingerprint density at radius 1 is 1.50 bits per heavy atom. The van der Waals surface area contributed by atoms with E-state index < -0.39 is 0 Å². The summed E-state index contributed by atoms with van der Waals surface area (Å²) in [6.07, 6.45) is 2.09. The van der Waals surface area contributed by atoms with Crippen molar-refractivity contribution in [2.75, 3.05) is 25.2 Å². The second kappa shape index (κ2) is 5.09. The van der Waals surface area contributed by atoms with Crippen LogP contribution in [0.3, 0.4) is 0 Å². The van der Waals surface area contributed by atoms with Gasteiger partial charge in [-0.1, -0.05) is 6.07 Å². The van der Waals surface area contributed by atoms with Crippen molar-refractivity contribution in [1.29, 1.82) is 0 Å². The number of ether oxygens (including phenoxy) is 1. The molecule has 2 aromatic rings. The fourth-order valence-corrected chi connectivity index (χ4v) is 2.61. The van der Waals surface area contributed by atoms with Gasteiger partial charge in [0, 0.05) is 43.1 Å². The van der Waals surface area contributed by atoms with Gasteiger partial charge >= 0.3 is 0 Å². The number of anilines is 1. The number of hydrogen-bond donors (Lipinski definition) is 1. The molecule has 20 heavy (non-hydrogen) atoms. The van der Waals surface area contributed by atoms with Crippen LogP contribution in [0.15, 0.2) is 30.5 Å². The summed E-state index contributed by atoms with van der Waals surface area (Å²) in [5, 5.41) is 10.2. The highest BCUT2D eigenvalue weighted by Crippen LogP contribution is 2.34. The number of aliphatic hydroxyl groups is 1. The molecule has 0 bridgehead atoms. The minimum atomic E-state index is -0.00698. The molecule has 1 amide bonds. The summed E-state index contributed by atoms with van der Waals surface area (Å²) < 4.78 is 5.30. The number of benzene rings is 1. The molecular formula is C15H16N2O3. The number of amides is 1. The lowest BCUT2D eigenvalue weighted by Crippen LogP contribution is -2.25. The molecule has 0 saturated carbocycles. The molecule has 1 N–H and O–H groups in total. The molecule has 0 aliphatic carbocycles. The molecule has 1 aliphatic heterocycles. The first-order chi connectivity index (χ1) is 9.72. The minimum absolute atomic E-state index is 0.00698. The summed E-state index contributed by atoms with van der Waals surface area (Å²) in [6, 6.07) is 7.52. The number of fused-ring (bicyclic) bond motifs is 1. The summed E-state index contributed by atoms with van der Waals surface area (Å²) in [7, 11) is 1.60. The Morgan fingerprint density at radius 3 is 3.05 bits per heavy atom. The lowest BCUT2D eigenvalue weighted by molar-refractivity contribution is -0.117. The van der Waals surface area contributed by atoms with E-state index in [2.05, 4.69) is 4.98 Å². The van der Waals surface area contributed by atoms with Crippen LogP contribution >= 0.6 is 0 Å². The fraction of sp³-hybridized carbons (Fsp3) is 0.333. The SMILES string of the molecule is COc1cc(N2CC(CO)CC2=O)c2ncccc2c1. The lowest BCUT2D eigenvalue weighted by Gasteiger charge is -2.19. The van der Waals surface area contributed by atoms with Crippen LogP contribution in [0.1, 0.15) is 6.42 Å². The Hall–Kier alpha value is -2.14. The van der Waals surface area contributed by atoms with Crippen molar-refractivity contribution in [2.45, 2.75) is 6.42 Å². The van der Waals surface area contributed by atoms with Gasteiger partial charge < -0.3 is 14.7 Å². The summed E-state index contributed by atoms with van der Waals surface area (Å²) >= 11 is 0. The van der Waals surface area contributed by atoms with Crippen LogP contribution < -0.4 is 9.64 Å². The van der Waals surface area contributed by atoms with Crippen LogP contribution in [-0.2, 0) is 4.79 Å².